The van der Waals surface area contributed by atoms with Crippen molar-refractivity contribution in [1.29, 1.82) is 0 Å². The Bertz CT molecular complexity index is 444. The van der Waals surface area contributed by atoms with Crippen molar-refractivity contribution in [1.82, 2.24) is 4.90 Å². The molecular weight excluding hydrogens is 256 g/mol. The van der Waals surface area contributed by atoms with Crippen molar-refractivity contribution >= 4 is 11.3 Å². The van der Waals surface area contributed by atoms with Crippen molar-refractivity contribution in [3.05, 3.63) is 21.9 Å². The van der Waals surface area contributed by atoms with Gasteiger partial charge in [0.2, 0.25) is 0 Å². The first-order chi connectivity index (χ1) is 9.33. The highest BCUT2D eigenvalue weighted by Crippen LogP contribution is 2.24. The third-order valence-corrected chi connectivity index (χ3v) is 4.53. The van der Waals surface area contributed by atoms with Gasteiger partial charge in [0.25, 0.3) is 0 Å². The monoisotopic (exact) mass is 278 g/mol. The van der Waals surface area contributed by atoms with E-state index in [1.165, 1.54) is 24.1 Å². The summed E-state index contributed by atoms with van der Waals surface area (Å²) in [6, 6.07) is 4.78. The van der Waals surface area contributed by atoms with E-state index < -0.39 is 0 Å². The highest BCUT2D eigenvalue weighted by molar-refractivity contribution is 7.12. The average Bonchev–Trinajstić information content (AvgIpc) is 2.87. The summed E-state index contributed by atoms with van der Waals surface area (Å²) in [5, 5.41) is 9.15. The second-order valence-corrected chi connectivity index (χ2v) is 6.07. The molecule has 0 bridgehead atoms. The summed E-state index contributed by atoms with van der Waals surface area (Å²) in [6.07, 6.45) is 4.67. The Kier molecular flexibility index (Phi) is 5.87. The van der Waals surface area contributed by atoms with Crippen LogP contribution in [0.5, 0.6) is 0 Å². The van der Waals surface area contributed by atoms with Gasteiger partial charge in [-0.05, 0) is 37.9 Å². The van der Waals surface area contributed by atoms with E-state index in [1.54, 1.807) is 11.3 Å². The van der Waals surface area contributed by atoms with Crippen LogP contribution in [0.3, 0.4) is 0 Å². The topological polar surface area (TPSA) is 49.5 Å². The van der Waals surface area contributed by atoms with Crippen molar-refractivity contribution in [3.63, 3.8) is 0 Å². The van der Waals surface area contributed by atoms with Crippen LogP contribution in [0.2, 0.25) is 0 Å². The molecule has 2 heterocycles. The highest BCUT2D eigenvalue weighted by Gasteiger charge is 2.22. The molecule has 0 saturated carbocycles. The first-order valence-corrected chi connectivity index (χ1v) is 7.77. The Morgan fingerprint density at radius 2 is 2.32 bits per heavy atom. The molecule has 4 heteroatoms. The Morgan fingerprint density at radius 3 is 3.11 bits per heavy atom. The Morgan fingerprint density at radius 1 is 1.42 bits per heavy atom. The number of nitrogens with zero attached hydrogens (tertiary/aromatic N) is 1. The molecule has 0 spiro atoms. The molecule has 1 aromatic rings. The van der Waals surface area contributed by atoms with Crippen LogP contribution in [0.25, 0.3) is 0 Å². The van der Waals surface area contributed by atoms with E-state index in [0.29, 0.717) is 19.2 Å². The van der Waals surface area contributed by atoms with Crippen LogP contribution in [-0.2, 0) is 6.54 Å². The van der Waals surface area contributed by atoms with E-state index in [0.717, 1.165) is 24.4 Å². The molecule has 1 aromatic heterocycles. The summed E-state index contributed by atoms with van der Waals surface area (Å²) in [6.45, 7) is 2.84. The fourth-order valence-corrected chi connectivity index (χ4v) is 3.52. The van der Waals surface area contributed by atoms with Gasteiger partial charge in [-0.25, -0.2) is 0 Å². The summed E-state index contributed by atoms with van der Waals surface area (Å²) in [4.78, 5) is 4.95. The Hall–Kier alpha value is -0.860. The van der Waals surface area contributed by atoms with Gasteiger partial charge in [0.15, 0.2) is 0 Å². The van der Waals surface area contributed by atoms with Crippen LogP contribution >= 0.6 is 11.3 Å². The molecule has 1 fully saturated rings. The van der Waals surface area contributed by atoms with Crippen molar-refractivity contribution in [2.24, 2.45) is 5.73 Å². The summed E-state index contributed by atoms with van der Waals surface area (Å²) >= 11 is 1.75. The van der Waals surface area contributed by atoms with E-state index in [4.69, 9.17) is 10.8 Å². The van der Waals surface area contributed by atoms with Crippen LogP contribution < -0.4 is 5.73 Å². The van der Waals surface area contributed by atoms with Gasteiger partial charge < -0.3 is 10.8 Å². The Labute approximate surface area is 119 Å². The number of thiophene rings is 1. The average molecular weight is 278 g/mol. The maximum atomic E-state index is 9.15. The minimum absolute atomic E-state index is 0.291. The number of piperidine rings is 1. The summed E-state index contributed by atoms with van der Waals surface area (Å²) in [5.41, 5.74) is 5.38. The molecule has 0 aliphatic carbocycles. The van der Waals surface area contributed by atoms with E-state index in [2.05, 4.69) is 28.9 Å². The van der Waals surface area contributed by atoms with Gasteiger partial charge in [0.1, 0.15) is 0 Å². The second kappa shape index (κ2) is 7.66. The van der Waals surface area contributed by atoms with Crippen LogP contribution in [0.1, 0.15) is 35.4 Å². The van der Waals surface area contributed by atoms with Gasteiger partial charge in [-0.1, -0.05) is 18.3 Å². The zero-order valence-electron chi connectivity index (χ0n) is 11.3. The van der Waals surface area contributed by atoms with Crippen molar-refractivity contribution in [2.75, 3.05) is 19.7 Å². The van der Waals surface area contributed by atoms with Gasteiger partial charge in [0, 0.05) is 24.1 Å². The molecule has 3 nitrogen and oxygen atoms in total. The molecule has 0 aromatic carbocycles. The summed E-state index contributed by atoms with van der Waals surface area (Å²) < 4.78 is 0. The SMILES string of the molecule is NCC#Cc1ccc(CN2CCCCC2CCO)s1. The third kappa shape index (κ3) is 4.32. The molecule has 0 amide bonds. The minimum atomic E-state index is 0.291. The van der Waals surface area contributed by atoms with Crippen LogP contribution in [-0.4, -0.2) is 35.7 Å². The lowest BCUT2D eigenvalue weighted by Gasteiger charge is -2.35. The summed E-state index contributed by atoms with van der Waals surface area (Å²) in [5.74, 6) is 5.98. The molecular formula is C15H22N2OS. The van der Waals surface area contributed by atoms with Crippen LogP contribution in [0, 0.1) is 11.8 Å². The fourth-order valence-electron chi connectivity index (χ4n) is 2.61. The first kappa shape index (κ1) is 14.5. The molecule has 1 aliphatic rings. The molecule has 104 valence electrons. The van der Waals surface area contributed by atoms with Crippen LogP contribution in [0.4, 0.5) is 0 Å². The van der Waals surface area contributed by atoms with E-state index in [1.807, 2.05) is 0 Å². The normalized spacial score (nSPS) is 20.0. The molecule has 19 heavy (non-hydrogen) atoms. The van der Waals surface area contributed by atoms with E-state index >= 15 is 0 Å². The largest absolute Gasteiger partial charge is 0.396 e. The standard InChI is InChI=1S/C15H22N2OS/c16-9-3-5-14-6-7-15(19-14)12-17-10-2-1-4-13(17)8-11-18/h6-7,13,18H,1-2,4,8-12,16H2. The number of hydrogen-bond acceptors (Lipinski definition) is 4. The lowest BCUT2D eigenvalue weighted by Crippen LogP contribution is -2.39. The predicted molar refractivity (Wildman–Crippen MR) is 80.0 cm³/mol. The lowest BCUT2D eigenvalue weighted by atomic mass is 9.99. The van der Waals surface area contributed by atoms with E-state index in [-0.39, 0.29) is 0 Å². The van der Waals surface area contributed by atoms with Crippen molar-refractivity contribution in [3.8, 4) is 11.8 Å². The third-order valence-electron chi connectivity index (χ3n) is 3.55. The molecule has 1 unspecified atom stereocenters. The molecule has 3 N–H and O–H groups in total. The maximum Gasteiger partial charge on any atom is 0.0772 e. The number of rotatable bonds is 4. The Balaban J connectivity index is 1.96. The number of nitrogens with two attached hydrogens (primary N) is 1. The number of aliphatic hydroxyl groups is 1. The molecule has 0 radical (unpaired) electrons. The fraction of sp³-hybridized carbons (Fsp3) is 0.600. The zero-order valence-corrected chi connectivity index (χ0v) is 12.1. The molecule has 2 rings (SSSR count). The van der Waals surface area contributed by atoms with Crippen molar-refractivity contribution in [2.45, 2.75) is 38.3 Å². The lowest BCUT2D eigenvalue weighted by molar-refractivity contribution is 0.113. The van der Waals surface area contributed by atoms with Gasteiger partial charge in [-0.3, -0.25) is 4.90 Å². The summed E-state index contributed by atoms with van der Waals surface area (Å²) in [7, 11) is 0. The van der Waals surface area contributed by atoms with Crippen molar-refractivity contribution < 1.29 is 5.11 Å². The van der Waals surface area contributed by atoms with E-state index in [9.17, 15) is 0 Å². The highest BCUT2D eigenvalue weighted by atomic mass is 32.1. The van der Waals surface area contributed by atoms with Gasteiger partial charge >= 0.3 is 0 Å². The van der Waals surface area contributed by atoms with Gasteiger partial charge in [-0.15, -0.1) is 11.3 Å². The predicted octanol–water partition coefficient (Wildman–Crippen LogP) is 1.80. The zero-order chi connectivity index (χ0) is 13.5. The quantitative estimate of drug-likeness (QED) is 0.826. The molecule has 1 saturated heterocycles. The smallest absolute Gasteiger partial charge is 0.0772 e. The maximum absolute atomic E-state index is 9.15. The number of aliphatic hydroxyl groups excluding tert-OH is 1. The minimum Gasteiger partial charge on any atom is -0.396 e. The van der Waals surface area contributed by atoms with Crippen LogP contribution in [0.15, 0.2) is 12.1 Å². The number of hydrogen-bond donors (Lipinski definition) is 2. The first-order valence-electron chi connectivity index (χ1n) is 6.96. The molecule has 1 aliphatic heterocycles. The number of likely N-dealkylation sites (tertiary alicyclic amines) is 1. The van der Waals surface area contributed by atoms with Gasteiger partial charge in [-0.2, -0.15) is 0 Å². The van der Waals surface area contributed by atoms with Gasteiger partial charge in [0.05, 0.1) is 11.4 Å². The second-order valence-electron chi connectivity index (χ2n) is 4.90. The molecule has 1 atom stereocenters.